The van der Waals surface area contributed by atoms with Gasteiger partial charge in [0.05, 0.1) is 30.5 Å². The molecule has 0 unspecified atom stereocenters. The summed E-state index contributed by atoms with van der Waals surface area (Å²) in [7, 11) is 0. The van der Waals surface area contributed by atoms with E-state index in [2.05, 4.69) is 0 Å². The first kappa shape index (κ1) is 17.2. The van der Waals surface area contributed by atoms with Gasteiger partial charge in [0, 0.05) is 19.3 Å². The molecule has 0 radical (unpaired) electrons. The topological polar surface area (TPSA) is 66.4 Å². The van der Waals surface area contributed by atoms with Gasteiger partial charge in [-0.1, -0.05) is 0 Å². The summed E-state index contributed by atoms with van der Waals surface area (Å²) in [5.41, 5.74) is -0.374. The molecule has 6 heteroatoms. The van der Waals surface area contributed by atoms with Gasteiger partial charge in [-0.2, -0.15) is 0 Å². The van der Waals surface area contributed by atoms with Crippen LogP contribution in [0.2, 0.25) is 0 Å². The van der Waals surface area contributed by atoms with Crippen LogP contribution in [0.25, 0.3) is 0 Å². The van der Waals surface area contributed by atoms with E-state index in [1.54, 1.807) is 6.92 Å². The zero-order valence-corrected chi connectivity index (χ0v) is 15.3. The highest BCUT2D eigenvalue weighted by Crippen LogP contribution is 2.55. The molecule has 2 bridgehead atoms. The Morgan fingerprint density at radius 1 is 1.08 bits per heavy atom. The SMILES string of the molecule is C[C@H](O)[C@H](C)O[C@@]1(C)CC[C@@H]2O[C@@H]3C[C@]2(C[C@H]2OC(C)(C)O[C@@H]32)O1. The Hall–Kier alpha value is -0.240. The first-order chi connectivity index (χ1) is 11.1. The summed E-state index contributed by atoms with van der Waals surface area (Å²) >= 11 is 0. The first-order valence-corrected chi connectivity index (χ1v) is 9.19. The van der Waals surface area contributed by atoms with Gasteiger partial charge >= 0.3 is 0 Å². The molecule has 138 valence electrons. The summed E-state index contributed by atoms with van der Waals surface area (Å²) in [5.74, 6) is -1.27. The number of hydrogen-bond acceptors (Lipinski definition) is 6. The maximum absolute atomic E-state index is 9.77. The molecule has 8 atom stereocenters. The summed E-state index contributed by atoms with van der Waals surface area (Å²) in [4.78, 5) is 0. The molecule has 1 spiro atoms. The molecular formula is C18H30O6. The molecule has 4 rings (SSSR count). The number of rotatable bonds is 3. The third-order valence-electron chi connectivity index (χ3n) is 6.00. The lowest BCUT2D eigenvalue weighted by Crippen LogP contribution is -2.58. The van der Waals surface area contributed by atoms with Gasteiger partial charge in [0.2, 0.25) is 0 Å². The Morgan fingerprint density at radius 2 is 1.79 bits per heavy atom. The van der Waals surface area contributed by atoms with Gasteiger partial charge < -0.3 is 28.8 Å². The van der Waals surface area contributed by atoms with Crippen LogP contribution in [0.5, 0.6) is 0 Å². The van der Waals surface area contributed by atoms with Gasteiger partial charge in [-0.25, -0.2) is 0 Å². The molecule has 6 nitrogen and oxygen atoms in total. The second-order valence-corrected chi connectivity index (χ2v) is 8.61. The summed E-state index contributed by atoms with van der Waals surface area (Å²) in [6, 6.07) is 0. The molecule has 0 amide bonds. The molecular weight excluding hydrogens is 312 g/mol. The number of aliphatic hydroxyl groups excluding tert-OH is 1. The predicted octanol–water partition coefficient (Wildman–Crippen LogP) is 2.12. The average Bonchev–Trinajstić information content (AvgIpc) is 2.92. The van der Waals surface area contributed by atoms with Crippen molar-refractivity contribution >= 4 is 0 Å². The lowest BCUT2D eigenvalue weighted by molar-refractivity contribution is -0.336. The monoisotopic (exact) mass is 342 g/mol. The number of ether oxygens (including phenoxy) is 5. The number of fused-ring (bicyclic) bond motifs is 3. The van der Waals surface area contributed by atoms with Gasteiger partial charge in [-0.15, -0.1) is 0 Å². The van der Waals surface area contributed by atoms with Crippen LogP contribution in [0.1, 0.15) is 60.3 Å². The molecule has 4 fully saturated rings. The first-order valence-electron chi connectivity index (χ1n) is 9.19. The molecule has 0 aromatic carbocycles. The van der Waals surface area contributed by atoms with Crippen molar-refractivity contribution in [2.75, 3.05) is 0 Å². The van der Waals surface area contributed by atoms with E-state index in [-0.39, 0.29) is 36.1 Å². The van der Waals surface area contributed by atoms with Crippen LogP contribution in [0.15, 0.2) is 0 Å². The summed E-state index contributed by atoms with van der Waals surface area (Å²) in [6.45, 7) is 9.50. The number of hydrogen-bond donors (Lipinski definition) is 1. The third kappa shape index (κ3) is 2.72. The highest BCUT2D eigenvalue weighted by Gasteiger charge is 2.65. The van der Waals surface area contributed by atoms with Crippen molar-refractivity contribution < 1.29 is 28.8 Å². The van der Waals surface area contributed by atoms with Crippen molar-refractivity contribution in [3.63, 3.8) is 0 Å². The maximum Gasteiger partial charge on any atom is 0.166 e. The van der Waals surface area contributed by atoms with Gasteiger partial charge in [0.15, 0.2) is 11.6 Å². The largest absolute Gasteiger partial charge is 0.391 e. The van der Waals surface area contributed by atoms with Crippen LogP contribution >= 0.6 is 0 Å². The van der Waals surface area contributed by atoms with Gasteiger partial charge in [-0.3, -0.25) is 0 Å². The Labute approximate surface area is 143 Å². The van der Waals surface area contributed by atoms with E-state index in [0.29, 0.717) is 0 Å². The van der Waals surface area contributed by atoms with Crippen molar-refractivity contribution in [1.82, 2.24) is 0 Å². The van der Waals surface area contributed by atoms with Crippen LogP contribution < -0.4 is 0 Å². The molecule has 0 aromatic heterocycles. The van der Waals surface area contributed by atoms with Crippen molar-refractivity contribution in [1.29, 1.82) is 0 Å². The smallest absolute Gasteiger partial charge is 0.166 e. The standard InChI is InChI=1S/C18H30O6/c1-10(19)11(2)21-17(5)7-6-14-18(24-17)8-12(20-14)15-13(9-18)22-16(3,4)23-15/h10-15,19H,6-9H2,1-5H3/t10-,11-,12+,13+,14-,15-,17+,18+/m0/s1. The molecule has 1 N–H and O–H groups in total. The van der Waals surface area contributed by atoms with Gasteiger partial charge in [0.25, 0.3) is 0 Å². The van der Waals surface area contributed by atoms with E-state index in [1.165, 1.54) is 0 Å². The highest BCUT2D eigenvalue weighted by atomic mass is 16.8. The lowest BCUT2D eigenvalue weighted by Gasteiger charge is -2.49. The maximum atomic E-state index is 9.77. The van der Waals surface area contributed by atoms with Crippen molar-refractivity contribution in [2.24, 2.45) is 0 Å². The van der Waals surface area contributed by atoms with E-state index in [1.807, 2.05) is 27.7 Å². The Balaban J connectivity index is 1.53. The zero-order valence-electron chi connectivity index (χ0n) is 15.3. The van der Waals surface area contributed by atoms with E-state index in [9.17, 15) is 5.11 Å². The minimum atomic E-state index is -0.701. The fourth-order valence-corrected chi connectivity index (χ4v) is 4.87. The Bertz CT molecular complexity index is 508. The zero-order chi connectivity index (χ0) is 17.3. The van der Waals surface area contributed by atoms with Crippen LogP contribution in [-0.4, -0.2) is 58.9 Å². The van der Waals surface area contributed by atoms with Crippen LogP contribution in [-0.2, 0) is 23.7 Å². The summed E-state index contributed by atoms with van der Waals surface area (Å²) in [6.07, 6.45) is 2.51. The third-order valence-corrected chi connectivity index (χ3v) is 6.00. The Kier molecular flexibility index (Phi) is 3.85. The van der Waals surface area contributed by atoms with Crippen molar-refractivity contribution in [2.45, 2.75) is 114 Å². The molecule has 0 aromatic rings. The lowest BCUT2D eigenvalue weighted by atomic mass is 9.76. The molecule has 24 heavy (non-hydrogen) atoms. The van der Waals surface area contributed by atoms with Crippen molar-refractivity contribution in [3.05, 3.63) is 0 Å². The summed E-state index contributed by atoms with van der Waals surface area (Å²) < 4.78 is 31.1. The molecule has 1 saturated carbocycles. The molecule has 3 saturated heterocycles. The van der Waals surface area contributed by atoms with E-state index >= 15 is 0 Å². The van der Waals surface area contributed by atoms with E-state index in [0.717, 1.165) is 25.7 Å². The van der Waals surface area contributed by atoms with Gasteiger partial charge in [-0.05, 0) is 41.0 Å². The van der Waals surface area contributed by atoms with Crippen LogP contribution in [0, 0.1) is 0 Å². The second kappa shape index (κ2) is 5.38. The number of aliphatic hydroxyl groups is 1. The van der Waals surface area contributed by atoms with Crippen molar-refractivity contribution in [3.8, 4) is 0 Å². The quantitative estimate of drug-likeness (QED) is 0.847. The summed E-state index contributed by atoms with van der Waals surface area (Å²) in [5, 5.41) is 9.77. The normalized spacial score (nSPS) is 51.8. The minimum Gasteiger partial charge on any atom is -0.391 e. The molecule has 3 aliphatic heterocycles. The fourth-order valence-electron chi connectivity index (χ4n) is 4.87. The second-order valence-electron chi connectivity index (χ2n) is 8.61. The van der Waals surface area contributed by atoms with Crippen LogP contribution in [0.4, 0.5) is 0 Å². The fraction of sp³-hybridized carbons (Fsp3) is 1.00. The molecule has 4 aliphatic rings. The molecule has 1 aliphatic carbocycles. The highest BCUT2D eigenvalue weighted by molar-refractivity contribution is 5.12. The minimum absolute atomic E-state index is 0.000267. The Morgan fingerprint density at radius 3 is 2.50 bits per heavy atom. The van der Waals surface area contributed by atoms with E-state index < -0.39 is 17.7 Å². The molecule has 3 heterocycles. The van der Waals surface area contributed by atoms with E-state index in [4.69, 9.17) is 23.7 Å². The average molecular weight is 342 g/mol. The predicted molar refractivity (Wildman–Crippen MR) is 85.4 cm³/mol. The van der Waals surface area contributed by atoms with Crippen LogP contribution in [0.3, 0.4) is 0 Å². The van der Waals surface area contributed by atoms with Gasteiger partial charge in [0.1, 0.15) is 11.7 Å².